The first-order valence-electron chi connectivity index (χ1n) is 8.45. The van der Waals surface area contributed by atoms with Crippen LogP contribution < -0.4 is 9.47 Å². The Morgan fingerprint density at radius 3 is 2.81 bits per heavy atom. The Balaban J connectivity index is 1.63. The maximum atomic E-state index is 13.8. The molecule has 1 fully saturated rings. The van der Waals surface area contributed by atoms with E-state index in [4.69, 9.17) is 9.47 Å². The van der Waals surface area contributed by atoms with Crippen molar-refractivity contribution in [3.8, 4) is 11.5 Å². The molecule has 5 nitrogen and oxygen atoms in total. The summed E-state index contributed by atoms with van der Waals surface area (Å²) in [4.78, 5) is 14.1. The zero-order valence-corrected chi connectivity index (χ0v) is 14.9. The molecule has 0 aromatic heterocycles. The third-order valence-electron chi connectivity index (χ3n) is 4.52. The van der Waals surface area contributed by atoms with Crippen molar-refractivity contribution in [2.75, 3.05) is 26.8 Å². The summed E-state index contributed by atoms with van der Waals surface area (Å²) in [5, 5.41) is 10.7. The van der Waals surface area contributed by atoms with Gasteiger partial charge < -0.3 is 19.5 Å². The van der Waals surface area contributed by atoms with E-state index in [1.807, 2.05) is 31.2 Å². The number of carbonyl (C=O) groups excluding carboxylic acids is 1. The fraction of sp³-hybridized carbons (Fsp3) is 0.350. The number of halogens is 1. The van der Waals surface area contributed by atoms with Crippen LogP contribution in [0.4, 0.5) is 4.39 Å². The van der Waals surface area contributed by atoms with E-state index in [2.05, 4.69) is 0 Å². The van der Waals surface area contributed by atoms with Crippen LogP contribution in [0.3, 0.4) is 0 Å². The largest absolute Gasteiger partial charge is 0.494 e. The normalized spacial score (nSPS) is 19.5. The minimum atomic E-state index is -1.12. The summed E-state index contributed by atoms with van der Waals surface area (Å²) in [5.74, 6) is -0.139. The van der Waals surface area contributed by atoms with E-state index < -0.39 is 11.4 Å². The summed E-state index contributed by atoms with van der Waals surface area (Å²) in [7, 11) is 1.37. The molecule has 0 spiro atoms. The molecule has 1 heterocycles. The van der Waals surface area contributed by atoms with Crippen LogP contribution in [-0.2, 0) is 0 Å². The number of rotatable bonds is 5. The fourth-order valence-electron chi connectivity index (χ4n) is 3.05. The number of methoxy groups -OCH3 is 1. The van der Waals surface area contributed by atoms with Gasteiger partial charge in [-0.15, -0.1) is 0 Å². The van der Waals surface area contributed by atoms with E-state index >= 15 is 0 Å². The Hall–Kier alpha value is -2.60. The van der Waals surface area contributed by atoms with Gasteiger partial charge in [-0.05, 0) is 49.2 Å². The number of likely N-dealkylation sites (tertiary alicyclic amines) is 1. The number of amides is 1. The summed E-state index contributed by atoms with van der Waals surface area (Å²) in [6.45, 7) is 2.59. The molecular weight excluding hydrogens is 337 g/mol. The van der Waals surface area contributed by atoms with Crippen molar-refractivity contribution in [2.24, 2.45) is 0 Å². The highest BCUT2D eigenvalue weighted by molar-refractivity contribution is 5.94. The van der Waals surface area contributed by atoms with Crippen molar-refractivity contribution >= 4 is 5.91 Å². The zero-order valence-electron chi connectivity index (χ0n) is 14.9. The summed E-state index contributed by atoms with van der Waals surface area (Å²) in [6.07, 6.45) is 0.406. The monoisotopic (exact) mass is 359 g/mol. The molecule has 1 atom stereocenters. The Labute approximate surface area is 152 Å². The van der Waals surface area contributed by atoms with Crippen LogP contribution in [0.2, 0.25) is 0 Å². The van der Waals surface area contributed by atoms with E-state index in [-0.39, 0.29) is 30.4 Å². The lowest BCUT2D eigenvalue weighted by molar-refractivity contribution is 0.00429. The molecule has 1 N–H and O–H groups in total. The van der Waals surface area contributed by atoms with Crippen molar-refractivity contribution in [1.82, 2.24) is 4.90 Å². The quantitative estimate of drug-likeness (QED) is 0.892. The van der Waals surface area contributed by atoms with Gasteiger partial charge in [-0.2, -0.15) is 0 Å². The summed E-state index contributed by atoms with van der Waals surface area (Å²) in [6, 6.07) is 11.7. The van der Waals surface area contributed by atoms with E-state index in [1.165, 1.54) is 24.1 Å². The highest BCUT2D eigenvalue weighted by atomic mass is 19.1. The molecule has 0 bridgehead atoms. The van der Waals surface area contributed by atoms with Gasteiger partial charge in [0.15, 0.2) is 11.6 Å². The average molecular weight is 359 g/mol. The van der Waals surface area contributed by atoms with E-state index in [9.17, 15) is 14.3 Å². The molecule has 2 aromatic carbocycles. The number of nitrogens with zero attached hydrogens (tertiary/aromatic N) is 1. The number of carbonyl (C=O) groups is 1. The fourth-order valence-corrected chi connectivity index (χ4v) is 3.05. The van der Waals surface area contributed by atoms with Gasteiger partial charge in [-0.1, -0.05) is 12.1 Å². The zero-order chi connectivity index (χ0) is 18.7. The van der Waals surface area contributed by atoms with Crippen molar-refractivity contribution in [1.29, 1.82) is 0 Å². The van der Waals surface area contributed by atoms with Crippen molar-refractivity contribution < 1.29 is 23.8 Å². The predicted molar refractivity (Wildman–Crippen MR) is 95.1 cm³/mol. The third-order valence-corrected chi connectivity index (χ3v) is 4.52. The molecule has 1 unspecified atom stereocenters. The van der Waals surface area contributed by atoms with Gasteiger partial charge in [0.25, 0.3) is 5.91 Å². The Morgan fingerprint density at radius 1 is 1.31 bits per heavy atom. The third kappa shape index (κ3) is 3.96. The van der Waals surface area contributed by atoms with Crippen LogP contribution in [0.25, 0.3) is 0 Å². The number of aryl methyl sites for hydroxylation is 1. The van der Waals surface area contributed by atoms with Crippen molar-refractivity contribution in [2.45, 2.75) is 18.9 Å². The van der Waals surface area contributed by atoms with Crippen LogP contribution >= 0.6 is 0 Å². The first kappa shape index (κ1) is 18.2. The second kappa shape index (κ2) is 7.33. The van der Waals surface area contributed by atoms with Gasteiger partial charge in [-0.25, -0.2) is 4.39 Å². The molecule has 1 amide bonds. The lowest BCUT2D eigenvalue weighted by Gasteiger charge is -2.24. The smallest absolute Gasteiger partial charge is 0.254 e. The molecular formula is C20H22FNO4. The van der Waals surface area contributed by atoms with Crippen LogP contribution in [0.15, 0.2) is 42.5 Å². The van der Waals surface area contributed by atoms with Gasteiger partial charge in [0, 0.05) is 12.1 Å². The van der Waals surface area contributed by atoms with E-state index in [0.717, 1.165) is 11.6 Å². The van der Waals surface area contributed by atoms with Crippen LogP contribution in [0.1, 0.15) is 22.3 Å². The number of aliphatic hydroxyl groups is 1. The number of β-amino-alcohol motifs (C(OH)–C–C–N with tert-alkyl or cyclic N) is 1. The van der Waals surface area contributed by atoms with Crippen LogP contribution in [0, 0.1) is 12.7 Å². The minimum Gasteiger partial charge on any atom is -0.494 e. The first-order chi connectivity index (χ1) is 12.4. The second-order valence-electron chi connectivity index (χ2n) is 6.66. The molecule has 1 saturated heterocycles. The highest BCUT2D eigenvalue weighted by Gasteiger charge is 2.39. The molecule has 1 aliphatic rings. The average Bonchev–Trinajstić information content (AvgIpc) is 3.02. The summed E-state index contributed by atoms with van der Waals surface area (Å²) < 4.78 is 24.4. The standard InChI is InChI=1S/C20H22FNO4/c1-14-4-3-5-16(10-14)26-13-20(24)8-9-22(12-20)19(23)15-6-7-18(25-2)17(21)11-15/h3-7,10-11,24H,8-9,12-13H2,1-2H3. The molecule has 0 saturated carbocycles. The maximum Gasteiger partial charge on any atom is 0.254 e. The Bertz CT molecular complexity index is 810. The predicted octanol–water partition coefficient (Wildman–Crippen LogP) is 2.80. The van der Waals surface area contributed by atoms with Gasteiger partial charge in [0.2, 0.25) is 0 Å². The van der Waals surface area contributed by atoms with Crippen molar-refractivity contribution in [3.05, 3.63) is 59.4 Å². The molecule has 3 rings (SSSR count). The number of hydrogen-bond acceptors (Lipinski definition) is 4. The van der Waals surface area contributed by atoms with Crippen LogP contribution in [-0.4, -0.2) is 48.3 Å². The molecule has 2 aromatic rings. The molecule has 0 aliphatic carbocycles. The van der Waals surface area contributed by atoms with Gasteiger partial charge in [0.05, 0.1) is 13.7 Å². The molecule has 138 valence electrons. The molecule has 6 heteroatoms. The van der Waals surface area contributed by atoms with Gasteiger partial charge in [-0.3, -0.25) is 4.79 Å². The van der Waals surface area contributed by atoms with E-state index in [0.29, 0.717) is 18.7 Å². The first-order valence-corrected chi connectivity index (χ1v) is 8.45. The second-order valence-corrected chi connectivity index (χ2v) is 6.66. The maximum absolute atomic E-state index is 13.8. The number of ether oxygens (including phenoxy) is 2. The Morgan fingerprint density at radius 2 is 2.12 bits per heavy atom. The molecule has 0 radical (unpaired) electrons. The summed E-state index contributed by atoms with van der Waals surface area (Å²) >= 11 is 0. The van der Waals surface area contributed by atoms with E-state index in [1.54, 1.807) is 0 Å². The lowest BCUT2D eigenvalue weighted by atomic mass is 10.1. The van der Waals surface area contributed by atoms with Gasteiger partial charge >= 0.3 is 0 Å². The Kier molecular flexibility index (Phi) is 5.13. The summed E-state index contributed by atoms with van der Waals surface area (Å²) in [5.41, 5.74) is 0.177. The molecule has 1 aliphatic heterocycles. The SMILES string of the molecule is COc1ccc(C(=O)N2CCC(O)(COc3cccc(C)c3)C2)cc1F. The lowest BCUT2D eigenvalue weighted by Crippen LogP contribution is -2.40. The van der Waals surface area contributed by atoms with Crippen molar-refractivity contribution in [3.63, 3.8) is 0 Å². The van der Waals surface area contributed by atoms with Crippen LogP contribution in [0.5, 0.6) is 11.5 Å². The number of benzene rings is 2. The highest BCUT2D eigenvalue weighted by Crippen LogP contribution is 2.26. The number of hydrogen-bond donors (Lipinski definition) is 1. The van der Waals surface area contributed by atoms with Gasteiger partial charge in [0.1, 0.15) is 18.0 Å². The topological polar surface area (TPSA) is 59.0 Å². The minimum absolute atomic E-state index is 0.0889. The molecule has 26 heavy (non-hydrogen) atoms.